The Bertz CT molecular complexity index is 898. The van der Waals surface area contributed by atoms with Gasteiger partial charge in [-0.3, -0.25) is 4.79 Å². The third-order valence-electron chi connectivity index (χ3n) is 5.76. The Hall–Kier alpha value is -3.06. The number of carbonyl (C=O) groups is 2. The zero-order valence-electron chi connectivity index (χ0n) is 17.3. The molecule has 0 aromatic heterocycles. The van der Waals surface area contributed by atoms with E-state index in [0.717, 1.165) is 43.7 Å². The summed E-state index contributed by atoms with van der Waals surface area (Å²) in [6.07, 6.45) is 1.89. The Morgan fingerprint density at radius 2 is 1.73 bits per heavy atom. The molecule has 2 fully saturated rings. The van der Waals surface area contributed by atoms with E-state index in [4.69, 9.17) is 0 Å². The lowest BCUT2D eigenvalue weighted by Crippen LogP contribution is -2.45. The van der Waals surface area contributed by atoms with Crippen molar-refractivity contribution in [1.82, 2.24) is 10.2 Å². The summed E-state index contributed by atoms with van der Waals surface area (Å²) in [4.78, 5) is 30.2. The predicted octanol–water partition coefficient (Wildman–Crippen LogP) is 3.11. The van der Waals surface area contributed by atoms with Crippen LogP contribution in [0.25, 0.3) is 0 Å². The van der Waals surface area contributed by atoms with Gasteiger partial charge in [-0.25, -0.2) is 9.69 Å². The number of hydrogen-bond donors (Lipinski definition) is 2. The Labute approximate surface area is 176 Å². The van der Waals surface area contributed by atoms with E-state index >= 15 is 0 Å². The molecule has 4 rings (SSSR count). The van der Waals surface area contributed by atoms with Gasteiger partial charge in [0, 0.05) is 37.9 Å². The third kappa shape index (κ3) is 4.11. The summed E-state index contributed by atoms with van der Waals surface area (Å²) in [7, 11) is 0. The lowest BCUT2D eigenvalue weighted by Gasteiger charge is -2.35. The van der Waals surface area contributed by atoms with Crippen molar-refractivity contribution < 1.29 is 14.7 Å². The quantitative estimate of drug-likeness (QED) is 0.719. The molecule has 30 heavy (non-hydrogen) atoms. The highest BCUT2D eigenvalue weighted by Crippen LogP contribution is 2.28. The van der Waals surface area contributed by atoms with Gasteiger partial charge in [0.15, 0.2) is 0 Å². The highest BCUT2D eigenvalue weighted by atomic mass is 16.3. The highest BCUT2D eigenvalue weighted by Gasteiger charge is 2.36. The number of benzene rings is 2. The highest BCUT2D eigenvalue weighted by molar-refractivity contribution is 6.19. The molecule has 2 aromatic carbocycles. The molecule has 2 aromatic rings. The van der Waals surface area contributed by atoms with Crippen molar-refractivity contribution in [2.75, 3.05) is 42.5 Å². The second kappa shape index (κ2) is 8.75. The maximum Gasteiger partial charge on any atom is 0.331 e. The van der Waals surface area contributed by atoms with Crippen molar-refractivity contribution in [2.24, 2.45) is 0 Å². The number of carbonyl (C=O) groups excluding carboxylic acids is 2. The summed E-state index contributed by atoms with van der Waals surface area (Å²) >= 11 is 0. The summed E-state index contributed by atoms with van der Waals surface area (Å²) in [5.41, 5.74) is 2.82. The molecule has 0 spiro atoms. The molecule has 7 heteroatoms. The molecule has 0 radical (unpaired) electrons. The minimum atomic E-state index is -0.226. The van der Waals surface area contributed by atoms with Crippen LogP contribution < -0.4 is 15.1 Å². The number of piperazine rings is 1. The molecule has 0 aliphatic carbocycles. The average Bonchev–Trinajstić information content (AvgIpc) is 3.06. The fourth-order valence-electron chi connectivity index (χ4n) is 4.05. The molecule has 3 amide bonds. The Morgan fingerprint density at radius 3 is 2.43 bits per heavy atom. The van der Waals surface area contributed by atoms with Gasteiger partial charge in [-0.15, -0.1) is 0 Å². The van der Waals surface area contributed by atoms with Crippen molar-refractivity contribution in [2.45, 2.75) is 25.8 Å². The topological polar surface area (TPSA) is 76.1 Å². The number of nitrogens with zero attached hydrogens (tertiary/aromatic N) is 3. The molecule has 2 heterocycles. The first-order chi connectivity index (χ1) is 14.6. The molecular formula is C23H28N4O3. The Kier molecular flexibility index (Phi) is 5.90. The monoisotopic (exact) mass is 408 g/mol. The molecule has 2 N–H and O–H groups in total. The van der Waals surface area contributed by atoms with Gasteiger partial charge in [0.2, 0.25) is 0 Å². The van der Waals surface area contributed by atoms with Crippen molar-refractivity contribution in [3.05, 3.63) is 54.1 Å². The SMILES string of the molecule is CCCCN1CC(=O)N(c2ccc(N3CCNC(c4ccc(O)cc4)C3)cc2)C1=O. The molecular weight excluding hydrogens is 380 g/mol. The van der Waals surface area contributed by atoms with Gasteiger partial charge in [0.05, 0.1) is 5.69 Å². The second-order valence-electron chi connectivity index (χ2n) is 7.85. The van der Waals surface area contributed by atoms with Gasteiger partial charge in [0.25, 0.3) is 5.91 Å². The van der Waals surface area contributed by atoms with Crippen LogP contribution in [0.15, 0.2) is 48.5 Å². The number of nitrogens with one attached hydrogen (secondary N) is 1. The van der Waals surface area contributed by atoms with E-state index in [1.807, 2.05) is 36.4 Å². The minimum Gasteiger partial charge on any atom is -0.508 e. The second-order valence-corrected chi connectivity index (χ2v) is 7.85. The lowest BCUT2D eigenvalue weighted by molar-refractivity contribution is -0.116. The van der Waals surface area contributed by atoms with Crippen LogP contribution in [0, 0.1) is 0 Å². The van der Waals surface area contributed by atoms with Crippen molar-refractivity contribution in [3.63, 3.8) is 0 Å². The van der Waals surface area contributed by atoms with Gasteiger partial charge in [-0.05, 0) is 48.4 Å². The van der Waals surface area contributed by atoms with Crippen LogP contribution in [0.2, 0.25) is 0 Å². The maximum absolute atomic E-state index is 12.6. The number of hydrogen-bond acceptors (Lipinski definition) is 5. The molecule has 1 atom stereocenters. The van der Waals surface area contributed by atoms with Crippen LogP contribution in [0.3, 0.4) is 0 Å². The van der Waals surface area contributed by atoms with E-state index in [2.05, 4.69) is 17.1 Å². The summed E-state index contributed by atoms with van der Waals surface area (Å²) in [5, 5.41) is 13.0. The number of phenols is 1. The number of amides is 3. The number of imide groups is 1. The molecule has 1 unspecified atom stereocenters. The molecule has 2 aliphatic rings. The van der Waals surface area contributed by atoms with Gasteiger partial charge in [-0.1, -0.05) is 25.5 Å². The van der Waals surface area contributed by atoms with Crippen LogP contribution in [0.4, 0.5) is 16.2 Å². The molecule has 158 valence electrons. The van der Waals surface area contributed by atoms with E-state index < -0.39 is 0 Å². The number of phenolic OH excluding ortho intramolecular Hbond substituents is 1. The first-order valence-corrected chi connectivity index (χ1v) is 10.6. The van der Waals surface area contributed by atoms with E-state index in [0.29, 0.717) is 12.2 Å². The molecule has 0 bridgehead atoms. The predicted molar refractivity (Wildman–Crippen MR) is 117 cm³/mol. The number of rotatable bonds is 6. The van der Waals surface area contributed by atoms with Crippen LogP contribution in [0.1, 0.15) is 31.4 Å². The summed E-state index contributed by atoms with van der Waals surface area (Å²) in [5.74, 6) is 0.0969. The molecule has 0 saturated carbocycles. The fraction of sp³-hybridized carbons (Fsp3) is 0.391. The standard InChI is InChI=1S/C23H28N4O3/c1-2-3-13-26-16-22(29)27(23(26)30)19-8-6-18(7-9-19)25-14-12-24-21(15-25)17-4-10-20(28)11-5-17/h4-11,21,24,28H,2-3,12-16H2,1H3. The van der Waals surface area contributed by atoms with Gasteiger partial charge in [-0.2, -0.15) is 0 Å². The summed E-state index contributed by atoms with van der Waals surface area (Å²) in [6, 6.07) is 14.9. The van der Waals surface area contributed by atoms with Crippen molar-refractivity contribution >= 4 is 23.3 Å². The number of aromatic hydroxyl groups is 1. The average molecular weight is 409 g/mol. The number of urea groups is 1. The normalized spacial score (nSPS) is 19.6. The van der Waals surface area contributed by atoms with Crippen LogP contribution >= 0.6 is 0 Å². The minimum absolute atomic E-state index is 0.159. The zero-order chi connectivity index (χ0) is 21.1. The van der Waals surface area contributed by atoms with Crippen LogP contribution in [-0.2, 0) is 4.79 Å². The summed E-state index contributed by atoms with van der Waals surface area (Å²) < 4.78 is 0. The molecule has 2 aliphatic heterocycles. The first kappa shape index (κ1) is 20.2. The van der Waals surface area contributed by atoms with Crippen molar-refractivity contribution in [1.29, 1.82) is 0 Å². The van der Waals surface area contributed by atoms with Gasteiger partial charge >= 0.3 is 6.03 Å². The summed E-state index contributed by atoms with van der Waals surface area (Å²) in [6.45, 7) is 5.38. The van der Waals surface area contributed by atoms with Gasteiger partial charge < -0.3 is 20.2 Å². The van der Waals surface area contributed by atoms with E-state index in [-0.39, 0.29) is 30.3 Å². The molecule has 2 saturated heterocycles. The van der Waals surface area contributed by atoms with E-state index in [9.17, 15) is 14.7 Å². The lowest BCUT2D eigenvalue weighted by atomic mass is 10.0. The fourth-order valence-corrected chi connectivity index (χ4v) is 4.05. The van der Waals surface area contributed by atoms with E-state index in [1.165, 1.54) is 4.90 Å². The van der Waals surface area contributed by atoms with Gasteiger partial charge in [0.1, 0.15) is 12.3 Å². The number of anilines is 2. The first-order valence-electron chi connectivity index (χ1n) is 10.6. The largest absolute Gasteiger partial charge is 0.508 e. The zero-order valence-corrected chi connectivity index (χ0v) is 17.3. The Balaban J connectivity index is 1.45. The maximum atomic E-state index is 12.6. The van der Waals surface area contributed by atoms with Crippen LogP contribution in [0.5, 0.6) is 5.75 Å². The van der Waals surface area contributed by atoms with E-state index in [1.54, 1.807) is 17.0 Å². The van der Waals surface area contributed by atoms with Crippen molar-refractivity contribution in [3.8, 4) is 5.75 Å². The Morgan fingerprint density at radius 1 is 1.03 bits per heavy atom. The van der Waals surface area contributed by atoms with Crippen LogP contribution in [-0.4, -0.2) is 54.7 Å². The number of unbranched alkanes of at least 4 members (excludes halogenated alkanes) is 1. The smallest absolute Gasteiger partial charge is 0.331 e. The third-order valence-corrected chi connectivity index (χ3v) is 5.76. The molecule has 7 nitrogen and oxygen atoms in total.